The summed E-state index contributed by atoms with van der Waals surface area (Å²) >= 11 is 6.09. The van der Waals surface area contributed by atoms with E-state index in [9.17, 15) is 4.79 Å². The molecule has 0 N–H and O–H groups in total. The van der Waals surface area contributed by atoms with Crippen molar-refractivity contribution in [3.8, 4) is 0 Å². The van der Waals surface area contributed by atoms with Crippen molar-refractivity contribution in [3.63, 3.8) is 0 Å². The third kappa shape index (κ3) is 5.24. The molecule has 1 amide bonds. The SMILES string of the molecule is COC(c1ccccc1)c1nnc(CCC(=O)N2CCN(c3cccc(Cl)c3)CC2)o1. The van der Waals surface area contributed by atoms with Gasteiger partial charge in [-0.25, -0.2) is 0 Å². The maximum atomic E-state index is 12.7. The van der Waals surface area contributed by atoms with E-state index >= 15 is 0 Å². The number of hydrogen-bond acceptors (Lipinski definition) is 6. The Morgan fingerprint density at radius 2 is 1.87 bits per heavy atom. The predicted octanol–water partition coefficient (Wildman–Crippen LogP) is 3.74. The van der Waals surface area contributed by atoms with Crippen LogP contribution in [0.5, 0.6) is 0 Å². The lowest BCUT2D eigenvalue weighted by atomic mass is 10.1. The summed E-state index contributed by atoms with van der Waals surface area (Å²) in [6.07, 6.45) is 0.325. The first-order valence-electron chi connectivity index (χ1n) is 10.3. The largest absolute Gasteiger partial charge is 0.422 e. The number of anilines is 1. The van der Waals surface area contributed by atoms with Crippen molar-refractivity contribution >= 4 is 23.2 Å². The topological polar surface area (TPSA) is 71.7 Å². The number of methoxy groups -OCH3 is 1. The van der Waals surface area contributed by atoms with Crippen LogP contribution in [0.25, 0.3) is 0 Å². The molecule has 8 heteroatoms. The molecule has 1 aliphatic rings. The fourth-order valence-corrected chi connectivity index (χ4v) is 3.92. The third-order valence-corrected chi connectivity index (χ3v) is 5.64. The number of carbonyl (C=O) groups is 1. The average molecular weight is 441 g/mol. The summed E-state index contributed by atoms with van der Waals surface area (Å²) in [5.41, 5.74) is 2.03. The van der Waals surface area contributed by atoms with E-state index in [1.165, 1.54) is 0 Å². The van der Waals surface area contributed by atoms with Crippen LogP contribution >= 0.6 is 11.6 Å². The van der Waals surface area contributed by atoms with E-state index < -0.39 is 6.10 Å². The van der Waals surface area contributed by atoms with Crippen LogP contribution in [-0.2, 0) is 16.0 Å². The van der Waals surface area contributed by atoms with Crippen molar-refractivity contribution in [2.45, 2.75) is 18.9 Å². The zero-order chi connectivity index (χ0) is 21.6. The molecule has 0 radical (unpaired) electrons. The highest BCUT2D eigenvalue weighted by Crippen LogP contribution is 2.24. The smallest absolute Gasteiger partial charge is 0.249 e. The van der Waals surface area contributed by atoms with Crippen molar-refractivity contribution in [3.05, 3.63) is 77.0 Å². The molecule has 4 rings (SSSR count). The Balaban J connectivity index is 1.29. The van der Waals surface area contributed by atoms with Crippen molar-refractivity contribution < 1.29 is 13.9 Å². The number of halogens is 1. The lowest BCUT2D eigenvalue weighted by molar-refractivity contribution is -0.131. The maximum absolute atomic E-state index is 12.7. The summed E-state index contributed by atoms with van der Waals surface area (Å²) in [5, 5.41) is 8.94. The number of aryl methyl sites for hydroxylation is 1. The normalized spacial score (nSPS) is 15.2. The summed E-state index contributed by atoms with van der Waals surface area (Å²) in [7, 11) is 1.61. The summed E-state index contributed by atoms with van der Waals surface area (Å²) in [6.45, 7) is 2.92. The fraction of sp³-hybridized carbons (Fsp3) is 0.348. The van der Waals surface area contributed by atoms with Gasteiger partial charge in [-0.2, -0.15) is 0 Å². The second-order valence-corrected chi connectivity index (χ2v) is 7.84. The molecule has 2 aromatic carbocycles. The van der Waals surface area contributed by atoms with Gasteiger partial charge in [0.15, 0.2) is 6.10 Å². The van der Waals surface area contributed by atoms with Crippen LogP contribution in [0.2, 0.25) is 5.02 Å². The monoisotopic (exact) mass is 440 g/mol. The lowest BCUT2D eigenvalue weighted by Gasteiger charge is -2.36. The molecule has 1 fully saturated rings. The molecular weight excluding hydrogens is 416 g/mol. The number of aromatic nitrogens is 2. The third-order valence-electron chi connectivity index (χ3n) is 5.40. The number of nitrogens with zero attached hydrogens (tertiary/aromatic N) is 4. The summed E-state index contributed by atoms with van der Waals surface area (Å²) < 4.78 is 11.3. The molecule has 0 spiro atoms. The molecular formula is C23H25ClN4O3. The van der Waals surface area contributed by atoms with Crippen LogP contribution in [-0.4, -0.2) is 54.3 Å². The summed E-state index contributed by atoms with van der Waals surface area (Å²) in [4.78, 5) is 16.8. The molecule has 1 aliphatic heterocycles. The van der Waals surface area contributed by atoms with E-state index in [1.807, 2.05) is 59.5 Å². The van der Waals surface area contributed by atoms with Gasteiger partial charge in [0, 0.05) is 56.8 Å². The second-order valence-electron chi connectivity index (χ2n) is 7.41. The first-order chi connectivity index (χ1) is 15.1. The first kappa shape index (κ1) is 21.3. The summed E-state index contributed by atoms with van der Waals surface area (Å²) in [6, 6.07) is 17.5. The number of amides is 1. The number of piperazine rings is 1. The van der Waals surface area contributed by atoms with Gasteiger partial charge in [0.1, 0.15) is 0 Å². The van der Waals surface area contributed by atoms with Crippen LogP contribution in [0.4, 0.5) is 5.69 Å². The molecule has 1 aromatic heterocycles. The number of carbonyl (C=O) groups excluding carboxylic acids is 1. The van der Waals surface area contributed by atoms with Crippen LogP contribution in [0.15, 0.2) is 59.0 Å². The van der Waals surface area contributed by atoms with E-state index in [0.29, 0.717) is 37.7 Å². The highest BCUT2D eigenvalue weighted by molar-refractivity contribution is 6.30. The van der Waals surface area contributed by atoms with Gasteiger partial charge in [-0.3, -0.25) is 4.79 Å². The molecule has 31 heavy (non-hydrogen) atoms. The van der Waals surface area contributed by atoms with E-state index in [-0.39, 0.29) is 5.91 Å². The quantitative estimate of drug-likeness (QED) is 0.557. The van der Waals surface area contributed by atoms with E-state index in [4.69, 9.17) is 20.8 Å². The molecule has 1 atom stereocenters. The minimum absolute atomic E-state index is 0.0943. The van der Waals surface area contributed by atoms with E-state index in [0.717, 1.165) is 29.4 Å². The minimum Gasteiger partial charge on any atom is -0.422 e. The van der Waals surface area contributed by atoms with Crippen molar-refractivity contribution in [2.75, 3.05) is 38.2 Å². The second kappa shape index (κ2) is 9.94. The van der Waals surface area contributed by atoms with Gasteiger partial charge in [-0.05, 0) is 23.8 Å². The molecule has 7 nitrogen and oxygen atoms in total. The molecule has 162 valence electrons. The van der Waals surface area contributed by atoms with Crippen molar-refractivity contribution in [1.82, 2.24) is 15.1 Å². The Hall–Kier alpha value is -2.90. The van der Waals surface area contributed by atoms with Crippen molar-refractivity contribution in [2.24, 2.45) is 0 Å². The maximum Gasteiger partial charge on any atom is 0.249 e. The van der Waals surface area contributed by atoms with Gasteiger partial charge in [0.2, 0.25) is 17.7 Å². The highest BCUT2D eigenvalue weighted by Gasteiger charge is 2.23. The van der Waals surface area contributed by atoms with E-state index in [1.54, 1.807) is 7.11 Å². The van der Waals surface area contributed by atoms with Crippen molar-refractivity contribution in [1.29, 1.82) is 0 Å². The van der Waals surface area contributed by atoms with Gasteiger partial charge in [0.05, 0.1) is 0 Å². The molecule has 0 aliphatic carbocycles. The minimum atomic E-state index is -0.419. The highest BCUT2D eigenvalue weighted by atomic mass is 35.5. The van der Waals surface area contributed by atoms with Gasteiger partial charge >= 0.3 is 0 Å². The van der Waals surface area contributed by atoms with Crippen LogP contribution in [0.3, 0.4) is 0 Å². The number of hydrogen-bond donors (Lipinski definition) is 0. The van der Waals surface area contributed by atoms with Gasteiger partial charge in [-0.1, -0.05) is 48.0 Å². The molecule has 0 bridgehead atoms. The van der Waals surface area contributed by atoms with Gasteiger partial charge in [0.25, 0.3) is 0 Å². The Kier molecular flexibility index (Phi) is 6.84. The average Bonchev–Trinajstić information content (AvgIpc) is 3.27. The Bertz CT molecular complexity index is 1000. The molecule has 2 heterocycles. The van der Waals surface area contributed by atoms with Gasteiger partial charge in [-0.15, -0.1) is 10.2 Å². The molecule has 0 saturated carbocycles. The predicted molar refractivity (Wildman–Crippen MR) is 118 cm³/mol. The van der Waals surface area contributed by atoms with E-state index in [2.05, 4.69) is 15.1 Å². The first-order valence-corrected chi connectivity index (χ1v) is 10.7. The van der Waals surface area contributed by atoms with Crippen LogP contribution < -0.4 is 4.90 Å². The Labute approximate surface area is 186 Å². The Morgan fingerprint density at radius 1 is 1.10 bits per heavy atom. The fourth-order valence-electron chi connectivity index (χ4n) is 3.74. The standard InChI is InChI=1S/C23H25ClN4O3/c1-30-22(17-6-3-2-4-7-17)23-26-25-20(31-23)10-11-21(29)28-14-12-27(13-15-28)19-9-5-8-18(24)16-19/h2-9,16,22H,10-15H2,1H3. The molecule has 1 unspecified atom stereocenters. The van der Waals surface area contributed by atoms with Crippen LogP contribution in [0, 0.1) is 0 Å². The number of rotatable bonds is 7. The van der Waals surface area contributed by atoms with Crippen LogP contribution in [0.1, 0.15) is 29.9 Å². The summed E-state index contributed by atoms with van der Waals surface area (Å²) in [5.74, 6) is 0.932. The zero-order valence-corrected chi connectivity index (χ0v) is 18.2. The zero-order valence-electron chi connectivity index (χ0n) is 17.4. The molecule has 3 aromatic rings. The Morgan fingerprint density at radius 3 is 2.58 bits per heavy atom. The number of benzene rings is 2. The molecule has 1 saturated heterocycles. The lowest BCUT2D eigenvalue weighted by Crippen LogP contribution is -2.48. The van der Waals surface area contributed by atoms with Gasteiger partial charge < -0.3 is 19.0 Å². The number of ether oxygens (including phenoxy) is 1.